The van der Waals surface area contributed by atoms with Crippen LogP contribution in [0, 0.1) is 5.92 Å². The average Bonchev–Trinajstić information content (AvgIpc) is 3.40. The van der Waals surface area contributed by atoms with E-state index in [0.717, 1.165) is 25.0 Å². The highest BCUT2D eigenvalue weighted by Crippen LogP contribution is 2.39. The fourth-order valence-corrected chi connectivity index (χ4v) is 2.80. The first-order valence-electron chi connectivity index (χ1n) is 8.29. The lowest BCUT2D eigenvalue weighted by molar-refractivity contribution is 0.155. The number of ether oxygens (including phenoxy) is 1. The Kier molecular flexibility index (Phi) is 5.88. The van der Waals surface area contributed by atoms with Crippen LogP contribution in [-0.2, 0) is 0 Å². The minimum absolute atomic E-state index is 0.0205. The summed E-state index contributed by atoms with van der Waals surface area (Å²) in [5.41, 5.74) is 0.734. The van der Waals surface area contributed by atoms with E-state index < -0.39 is 5.54 Å². The summed E-state index contributed by atoms with van der Waals surface area (Å²) in [5.74, 6) is 1.60. The first kappa shape index (κ1) is 17.6. The molecule has 1 saturated carbocycles. The van der Waals surface area contributed by atoms with Gasteiger partial charge in [-0.05, 0) is 55.7 Å². The summed E-state index contributed by atoms with van der Waals surface area (Å²) in [6.07, 6.45) is 3.01. The summed E-state index contributed by atoms with van der Waals surface area (Å²) >= 11 is 0. The fourth-order valence-electron chi connectivity index (χ4n) is 2.80. The smallest absolute Gasteiger partial charge is 0.315 e. The standard InChI is InChI=1S/C18H28N2O3/c1-13(14-4-8-16(23-3)9-5-14)10-11-19-17(22)20-18(2,12-21)15-6-7-15/h4-5,8-9,13,15,21H,6-7,10-12H2,1-3H3,(H2,19,20,22). The number of carbonyl (C=O) groups excluding carboxylic acids is 1. The molecule has 5 heteroatoms. The van der Waals surface area contributed by atoms with Crippen LogP contribution in [0.1, 0.15) is 44.6 Å². The van der Waals surface area contributed by atoms with Crippen molar-refractivity contribution in [3.05, 3.63) is 29.8 Å². The zero-order chi connectivity index (χ0) is 16.9. The van der Waals surface area contributed by atoms with Crippen molar-refractivity contribution < 1.29 is 14.6 Å². The molecular formula is C18H28N2O3. The number of nitrogens with one attached hydrogen (secondary N) is 2. The Morgan fingerprint density at radius 1 is 1.39 bits per heavy atom. The highest BCUT2D eigenvalue weighted by atomic mass is 16.5. The van der Waals surface area contributed by atoms with E-state index in [4.69, 9.17) is 4.74 Å². The monoisotopic (exact) mass is 320 g/mol. The number of benzene rings is 1. The molecule has 0 bridgehead atoms. The Morgan fingerprint density at radius 2 is 2.04 bits per heavy atom. The lowest BCUT2D eigenvalue weighted by Gasteiger charge is -2.28. The topological polar surface area (TPSA) is 70.6 Å². The van der Waals surface area contributed by atoms with Gasteiger partial charge in [-0.3, -0.25) is 0 Å². The Morgan fingerprint density at radius 3 is 2.57 bits per heavy atom. The van der Waals surface area contributed by atoms with Crippen molar-refractivity contribution in [2.75, 3.05) is 20.3 Å². The minimum atomic E-state index is -0.494. The van der Waals surface area contributed by atoms with Gasteiger partial charge in [0.2, 0.25) is 0 Å². The number of hydrogen-bond acceptors (Lipinski definition) is 3. The van der Waals surface area contributed by atoms with Crippen molar-refractivity contribution in [2.24, 2.45) is 5.92 Å². The molecule has 0 heterocycles. The quantitative estimate of drug-likeness (QED) is 0.689. The molecular weight excluding hydrogens is 292 g/mol. The van der Waals surface area contributed by atoms with Crippen LogP contribution < -0.4 is 15.4 Å². The summed E-state index contributed by atoms with van der Waals surface area (Å²) in [7, 11) is 1.66. The van der Waals surface area contributed by atoms with Gasteiger partial charge in [0.15, 0.2) is 0 Å². The van der Waals surface area contributed by atoms with Crippen molar-refractivity contribution in [3.63, 3.8) is 0 Å². The van der Waals surface area contributed by atoms with Crippen LogP contribution in [0.5, 0.6) is 5.75 Å². The van der Waals surface area contributed by atoms with Gasteiger partial charge in [-0.1, -0.05) is 19.1 Å². The van der Waals surface area contributed by atoms with E-state index in [1.54, 1.807) is 7.11 Å². The van der Waals surface area contributed by atoms with Gasteiger partial charge in [0.25, 0.3) is 0 Å². The fraction of sp³-hybridized carbons (Fsp3) is 0.611. The molecule has 2 amide bonds. The first-order chi connectivity index (χ1) is 11.0. The molecule has 1 aliphatic carbocycles. The number of hydrogen-bond donors (Lipinski definition) is 3. The molecule has 5 nitrogen and oxygen atoms in total. The van der Waals surface area contributed by atoms with Crippen LogP contribution in [0.25, 0.3) is 0 Å². The number of methoxy groups -OCH3 is 1. The van der Waals surface area contributed by atoms with Crippen LogP contribution in [-0.4, -0.2) is 36.9 Å². The van der Waals surface area contributed by atoms with Crippen LogP contribution in [0.2, 0.25) is 0 Å². The molecule has 3 N–H and O–H groups in total. The third-order valence-corrected chi connectivity index (χ3v) is 4.75. The number of rotatable bonds is 8. The van der Waals surface area contributed by atoms with Crippen molar-refractivity contribution in [1.82, 2.24) is 10.6 Å². The molecule has 0 spiro atoms. The highest BCUT2D eigenvalue weighted by molar-refractivity contribution is 5.74. The number of aliphatic hydroxyl groups excluding tert-OH is 1. The molecule has 23 heavy (non-hydrogen) atoms. The third kappa shape index (κ3) is 4.86. The normalized spacial score (nSPS) is 17.9. The van der Waals surface area contributed by atoms with Crippen molar-refractivity contribution in [2.45, 2.75) is 44.6 Å². The molecule has 1 fully saturated rings. The van der Waals surface area contributed by atoms with Crippen LogP contribution in [0.3, 0.4) is 0 Å². The number of urea groups is 1. The van der Waals surface area contributed by atoms with Gasteiger partial charge in [-0.15, -0.1) is 0 Å². The molecule has 1 aliphatic rings. The average molecular weight is 320 g/mol. The molecule has 1 aromatic carbocycles. The summed E-state index contributed by atoms with van der Waals surface area (Å²) in [6, 6.07) is 7.82. The van der Waals surface area contributed by atoms with Crippen molar-refractivity contribution in [3.8, 4) is 5.75 Å². The Balaban J connectivity index is 1.73. The van der Waals surface area contributed by atoms with Gasteiger partial charge >= 0.3 is 6.03 Å². The predicted octanol–water partition coefficient (Wildman–Crippen LogP) is 2.65. The summed E-state index contributed by atoms with van der Waals surface area (Å²) in [4.78, 5) is 12.0. The summed E-state index contributed by atoms with van der Waals surface area (Å²) in [5, 5.41) is 15.3. The molecule has 0 aliphatic heterocycles. The van der Waals surface area contributed by atoms with E-state index in [9.17, 15) is 9.90 Å². The molecule has 2 atom stereocenters. The maximum atomic E-state index is 12.0. The summed E-state index contributed by atoms with van der Waals surface area (Å²) < 4.78 is 5.16. The molecule has 0 saturated heterocycles. The summed E-state index contributed by atoms with van der Waals surface area (Å²) in [6.45, 7) is 4.63. The molecule has 0 aromatic heterocycles. The predicted molar refractivity (Wildman–Crippen MR) is 90.8 cm³/mol. The molecule has 2 unspecified atom stereocenters. The molecule has 128 valence electrons. The SMILES string of the molecule is COc1ccc(C(C)CCNC(=O)NC(C)(CO)C2CC2)cc1. The van der Waals surface area contributed by atoms with Gasteiger partial charge in [0.1, 0.15) is 5.75 Å². The zero-order valence-electron chi connectivity index (χ0n) is 14.3. The Bertz CT molecular complexity index is 514. The van der Waals surface area contributed by atoms with Gasteiger partial charge in [-0.25, -0.2) is 4.79 Å². The lowest BCUT2D eigenvalue weighted by Crippen LogP contribution is -2.54. The van der Waals surface area contributed by atoms with Gasteiger partial charge in [-0.2, -0.15) is 0 Å². The van der Waals surface area contributed by atoms with Gasteiger partial charge < -0.3 is 20.5 Å². The molecule has 0 radical (unpaired) electrons. The Labute approximate surface area is 138 Å². The highest BCUT2D eigenvalue weighted by Gasteiger charge is 2.42. The van der Waals surface area contributed by atoms with E-state index in [2.05, 4.69) is 29.7 Å². The lowest BCUT2D eigenvalue weighted by atomic mass is 9.97. The second-order valence-electron chi connectivity index (χ2n) is 6.69. The zero-order valence-corrected chi connectivity index (χ0v) is 14.3. The van der Waals surface area contributed by atoms with E-state index in [1.165, 1.54) is 5.56 Å². The van der Waals surface area contributed by atoms with E-state index in [-0.39, 0.29) is 12.6 Å². The van der Waals surface area contributed by atoms with Crippen molar-refractivity contribution in [1.29, 1.82) is 0 Å². The third-order valence-electron chi connectivity index (χ3n) is 4.75. The van der Waals surface area contributed by atoms with Crippen LogP contribution in [0.15, 0.2) is 24.3 Å². The molecule has 2 rings (SSSR count). The van der Waals surface area contributed by atoms with Crippen LogP contribution in [0.4, 0.5) is 4.79 Å². The molecule has 1 aromatic rings. The van der Waals surface area contributed by atoms with E-state index >= 15 is 0 Å². The number of aliphatic hydroxyl groups is 1. The van der Waals surface area contributed by atoms with Gasteiger partial charge in [0.05, 0.1) is 19.3 Å². The van der Waals surface area contributed by atoms with E-state index in [1.807, 2.05) is 19.1 Å². The number of amides is 2. The maximum Gasteiger partial charge on any atom is 0.315 e. The minimum Gasteiger partial charge on any atom is -0.497 e. The van der Waals surface area contributed by atoms with Crippen molar-refractivity contribution >= 4 is 6.03 Å². The van der Waals surface area contributed by atoms with E-state index in [0.29, 0.717) is 18.4 Å². The second-order valence-corrected chi connectivity index (χ2v) is 6.69. The first-order valence-corrected chi connectivity index (χ1v) is 8.29. The van der Waals surface area contributed by atoms with Crippen LogP contribution >= 0.6 is 0 Å². The number of carbonyl (C=O) groups is 1. The Hall–Kier alpha value is -1.75. The largest absolute Gasteiger partial charge is 0.497 e. The second kappa shape index (κ2) is 7.68. The van der Waals surface area contributed by atoms with Gasteiger partial charge in [0, 0.05) is 6.54 Å². The maximum absolute atomic E-state index is 12.0.